The quantitative estimate of drug-likeness (QED) is 0.146. The Morgan fingerprint density at radius 3 is 1.74 bits per heavy atom. The molecule has 0 spiro atoms. The number of benzene rings is 3. The van der Waals surface area contributed by atoms with Gasteiger partial charge in [0, 0.05) is 11.1 Å². The summed E-state index contributed by atoms with van der Waals surface area (Å²) < 4.78 is 49.9. The van der Waals surface area contributed by atoms with Crippen LogP contribution in [-0.2, 0) is 6.42 Å². The van der Waals surface area contributed by atoms with Gasteiger partial charge in [-0.3, -0.25) is 0 Å². The summed E-state index contributed by atoms with van der Waals surface area (Å²) in [5.41, 5.74) is 2.82. The minimum Gasteiger partial charge on any atom is -0.490 e. The summed E-state index contributed by atoms with van der Waals surface area (Å²) in [5.74, 6) is -2.88. The fraction of sp³-hybridized carbons (Fsp3) is 0.486. The van der Waals surface area contributed by atoms with E-state index in [1.807, 2.05) is 12.1 Å². The second-order valence-electron chi connectivity index (χ2n) is 10.6. The zero-order valence-electron chi connectivity index (χ0n) is 23.8. The van der Waals surface area contributed by atoms with Crippen LogP contribution in [0.15, 0.2) is 54.6 Å². The Morgan fingerprint density at radius 1 is 0.538 bits per heavy atom. The van der Waals surface area contributed by atoms with Crippen molar-refractivity contribution in [2.24, 2.45) is 0 Å². The second-order valence-corrected chi connectivity index (χ2v) is 10.6. The van der Waals surface area contributed by atoms with Crippen LogP contribution in [0.4, 0.5) is 13.2 Å². The van der Waals surface area contributed by atoms with Crippen LogP contribution < -0.4 is 4.74 Å². The number of rotatable bonds is 18. The number of halogens is 3. The monoisotopic (exact) mass is 538 g/mol. The Hall–Kier alpha value is -2.75. The third-order valence-corrected chi connectivity index (χ3v) is 7.42. The first-order valence-electron chi connectivity index (χ1n) is 15.0. The lowest BCUT2D eigenvalue weighted by Crippen LogP contribution is -2.02. The van der Waals surface area contributed by atoms with E-state index < -0.39 is 17.5 Å². The van der Waals surface area contributed by atoms with E-state index in [9.17, 15) is 8.78 Å². The lowest BCUT2D eigenvalue weighted by Gasteiger charge is -2.12. The van der Waals surface area contributed by atoms with Crippen LogP contribution in [-0.4, -0.2) is 6.61 Å². The van der Waals surface area contributed by atoms with Crippen LogP contribution in [0, 0.1) is 17.5 Å². The molecule has 1 nitrogen and oxygen atoms in total. The summed E-state index contributed by atoms with van der Waals surface area (Å²) in [5, 5.41) is 0. The van der Waals surface area contributed by atoms with Crippen molar-refractivity contribution in [3.63, 3.8) is 0 Å². The minimum atomic E-state index is -1.09. The van der Waals surface area contributed by atoms with Gasteiger partial charge in [0.05, 0.1) is 6.61 Å². The Labute approximate surface area is 233 Å². The van der Waals surface area contributed by atoms with Crippen molar-refractivity contribution in [3.05, 3.63) is 77.6 Å². The Balaban J connectivity index is 1.54. The SMILES string of the molecule is CCCCCCCCCCCc1ccc(-c2ccc(-c3ccc(OCCCCCC)c(F)c3F)c(F)c2)cc1. The summed E-state index contributed by atoms with van der Waals surface area (Å²) in [6, 6.07) is 15.6. The number of aryl methyl sites for hydroxylation is 1. The maximum atomic E-state index is 15.1. The van der Waals surface area contributed by atoms with Crippen LogP contribution in [0.2, 0.25) is 0 Å². The molecule has 3 aromatic carbocycles. The average Bonchev–Trinajstić information content (AvgIpc) is 2.95. The summed E-state index contributed by atoms with van der Waals surface area (Å²) in [6.07, 6.45) is 16.8. The maximum absolute atomic E-state index is 15.1. The van der Waals surface area contributed by atoms with Crippen molar-refractivity contribution in [2.45, 2.75) is 104 Å². The molecule has 0 aliphatic rings. The summed E-state index contributed by atoms with van der Waals surface area (Å²) in [4.78, 5) is 0. The lowest BCUT2D eigenvalue weighted by atomic mass is 9.97. The van der Waals surface area contributed by atoms with Crippen LogP contribution in [0.1, 0.15) is 103 Å². The van der Waals surface area contributed by atoms with Gasteiger partial charge in [0.1, 0.15) is 5.82 Å². The molecule has 0 heterocycles. The van der Waals surface area contributed by atoms with E-state index in [-0.39, 0.29) is 16.9 Å². The van der Waals surface area contributed by atoms with Crippen molar-refractivity contribution in [1.82, 2.24) is 0 Å². The third kappa shape index (κ3) is 9.74. The first kappa shape index (κ1) is 30.8. The highest BCUT2D eigenvalue weighted by atomic mass is 19.2. The van der Waals surface area contributed by atoms with Gasteiger partial charge in [0.2, 0.25) is 5.82 Å². The third-order valence-electron chi connectivity index (χ3n) is 7.42. The molecule has 0 saturated carbocycles. The molecule has 39 heavy (non-hydrogen) atoms. The van der Waals surface area contributed by atoms with Crippen LogP contribution in [0.25, 0.3) is 22.3 Å². The molecule has 212 valence electrons. The van der Waals surface area contributed by atoms with E-state index >= 15 is 4.39 Å². The summed E-state index contributed by atoms with van der Waals surface area (Å²) >= 11 is 0. The topological polar surface area (TPSA) is 9.23 Å². The van der Waals surface area contributed by atoms with Crippen molar-refractivity contribution in [1.29, 1.82) is 0 Å². The molecule has 4 heteroatoms. The maximum Gasteiger partial charge on any atom is 0.201 e. The molecule has 0 radical (unpaired) electrons. The van der Waals surface area contributed by atoms with E-state index in [4.69, 9.17) is 4.74 Å². The van der Waals surface area contributed by atoms with Crippen LogP contribution in [0.3, 0.4) is 0 Å². The largest absolute Gasteiger partial charge is 0.490 e. The number of hydrogen-bond donors (Lipinski definition) is 0. The van der Waals surface area contributed by atoms with E-state index in [1.165, 1.54) is 87.6 Å². The summed E-state index contributed by atoms with van der Waals surface area (Å²) in [6.45, 7) is 4.69. The molecule has 0 N–H and O–H groups in total. The van der Waals surface area contributed by atoms with Gasteiger partial charge in [-0.2, -0.15) is 4.39 Å². The molecule has 3 aromatic rings. The van der Waals surface area contributed by atoms with Gasteiger partial charge >= 0.3 is 0 Å². The number of hydrogen-bond acceptors (Lipinski definition) is 1. The average molecular weight is 539 g/mol. The fourth-order valence-corrected chi connectivity index (χ4v) is 4.98. The Kier molecular flexibility index (Phi) is 13.5. The van der Waals surface area contributed by atoms with Gasteiger partial charge < -0.3 is 4.74 Å². The van der Waals surface area contributed by atoms with Gasteiger partial charge in [-0.25, -0.2) is 8.78 Å². The molecule has 0 amide bonds. The van der Waals surface area contributed by atoms with E-state index in [2.05, 4.69) is 26.0 Å². The smallest absolute Gasteiger partial charge is 0.201 e. The van der Waals surface area contributed by atoms with Gasteiger partial charge in [-0.15, -0.1) is 0 Å². The second kappa shape index (κ2) is 17.0. The van der Waals surface area contributed by atoms with Crippen molar-refractivity contribution in [2.75, 3.05) is 6.61 Å². The molecule has 0 aromatic heterocycles. The van der Waals surface area contributed by atoms with Gasteiger partial charge in [0.15, 0.2) is 11.6 Å². The number of unbranched alkanes of at least 4 members (excludes halogenated alkanes) is 11. The zero-order valence-corrected chi connectivity index (χ0v) is 23.8. The molecule has 0 atom stereocenters. The number of ether oxygens (including phenoxy) is 1. The first-order chi connectivity index (χ1) is 19.0. The normalized spacial score (nSPS) is 11.2. The Morgan fingerprint density at radius 2 is 1.10 bits per heavy atom. The molecule has 0 bridgehead atoms. The summed E-state index contributed by atoms with van der Waals surface area (Å²) in [7, 11) is 0. The van der Waals surface area contributed by atoms with Gasteiger partial charge in [0.25, 0.3) is 0 Å². The zero-order chi connectivity index (χ0) is 27.9. The van der Waals surface area contributed by atoms with E-state index in [1.54, 1.807) is 6.07 Å². The minimum absolute atomic E-state index is 0.0339. The standard InChI is InChI=1S/C35H45F3O/c1-3-5-7-9-10-11-12-13-14-16-27-17-19-28(20-18-27)29-21-22-30(32(36)26-29)31-23-24-33(35(38)34(31)37)39-25-15-8-6-4-2/h17-24,26H,3-16,25H2,1-2H3. The molecule has 0 aliphatic heterocycles. The fourth-order valence-electron chi connectivity index (χ4n) is 4.98. The highest BCUT2D eigenvalue weighted by Crippen LogP contribution is 2.33. The van der Waals surface area contributed by atoms with Crippen LogP contribution in [0.5, 0.6) is 5.75 Å². The molecule has 0 saturated heterocycles. The predicted octanol–water partition coefficient (Wildman–Crippen LogP) is 11.5. The van der Waals surface area contributed by atoms with E-state index in [0.717, 1.165) is 37.7 Å². The predicted molar refractivity (Wildman–Crippen MR) is 158 cm³/mol. The highest BCUT2D eigenvalue weighted by molar-refractivity contribution is 5.72. The molecular weight excluding hydrogens is 493 g/mol. The Bertz CT molecular complexity index is 1120. The molecule has 0 unspecified atom stereocenters. The highest BCUT2D eigenvalue weighted by Gasteiger charge is 2.18. The van der Waals surface area contributed by atoms with E-state index in [0.29, 0.717) is 12.2 Å². The van der Waals surface area contributed by atoms with Gasteiger partial charge in [-0.1, -0.05) is 121 Å². The first-order valence-corrected chi connectivity index (χ1v) is 15.0. The van der Waals surface area contributed by atoms with Crippen LogP contribution >= 0.6 is 0 Å². The lowest BCUT2D eigenvalue weighted by molar-refractivity contribution is 0.285. The van der Waals surface area contributed by atoms with Gasteiger partial charge in [-0.05, 0) is 54.2 Å². The molecule has 0 fully saturated rings. The van der Waals surface area contributed by atoms with Crippen molar-refractivity contribution in [3.8, 4) is 28.0 Å². The molecule has 3 rings (SSSR count). The molecule has 0 aliphatic carbocycles. The van der Waals surface area contributed by atoms with Crippen molar-refractivity contribution < 1.29 is 17.9 Å². The van der Waals surface area contributed by atoms with Crippen molar-refractivity contribution >= 4 is 0 Å². The molecular formula is C35H45F3O.